The third kappa shape index (κ3) is 10.6. The van der Waals surface area contributed by atoms with E-state index in [1.807, 2.05) is 31.2 Å². The molecule has 0 atom stereocenters. The van der Waals surface area contributed by atoms with Gasteiger partial charge in [-0.3, -0.25) is 0 Å². The Kier molecular flexibility index (Phi) is 12.5. The van der Waals surface area contributed by atoms with Gasteiger partial charge in [-0.25, -0.2) is 10.8 Å². The van der Waals surface area contributed by atoms with E-state index in [1.165, 1.54) is 0 Å². The smallest absolute Gasteiger partial charge is 0.0554 e. The highest BCUT2D eigenvalue weighted by Gasteiger charge is 1.84. The molecule has 0 aliphatic carbocycles. The minimum Gasteiger partial charge on any atom is -0.399 e. The molecule has 0 amide bonds. The molecule has 74 valence electrons. The zero-order chi connectivity index (χ0) is 11.4. The number of aryl methyl sites for hydroxylation is 1. The number of nitrogens with two attached hydrogens (primary N) is 1. The monoisotopic (exact) mass is 225 g/mol. The Morgan fingerprint density at radius 3 is 1.71 bits per heavy atom. The van der Waals surface area contributed by atoms with Crippen LogP contribution in [0, 0.1) is 17.7 Å². The van der Waals surface area contributed by atoms with Crippen molar-refractivity contribution in [2.75, 3.05) is 5.73 Å². The molecule has 0 saturated carbocycles. The van der Waals surface area contributed by atoms with Crippen molar-refractivity contribution in [2.24, 2.45) is 0 Å². The van der Waals surface area contributed by atoms with E-state index in [-0.39, 0.29) is 0 Å². The molecule has 1 aromatic rings. The van der Waals surface area contributed by atoms with Crippen molar-refractivity contribution in [2.45, 2.75) is 6.92 Å². The van der Waals surface area contributed by atoms with Gasteiger partial charge in [-0.15, -0.1) is 0 Å². The Balaban J connectivity index is 0. The van der Waals surface area contributed by atoms with Crippen LogP contribution in [0.4, 0.5) is 5.69 Å². The van der Waals surface area contributed by atoms with E-state index in [9.17, 15) is 0 Å². The second kappa shape index (κ2) is 11.6. The van der Waals surface area contributed by atoms with E-state index >= 15 is 0 Å². The lowest BCUT2D eigenvalue weighted by Gasteiger charge is -1.93. The van der Waals surface area contributed by atoms with E-state index in [1.54, 1.807) is 10.3 Å². The molecule has 0 heterocycles. The Hall–Kier alpha value is -1.38. The van der Waals surface area contributed by atoms with Gasteiger partial charge in [0.25, 0.3) is 0 Å². The molecule has 0 aliphatic heterocycles. The lowest BCUT2D eigenvalue weighted by molar-refractivity contribution is 1.47. The van der Waals surface area contributed by atoms with E-state index < -0.39 is 0 Å². The van der Waals surface area contributed by atoms with Crippen molar-refractivity contribution < 1.29 is 0 Å². The van der Waals surface area contributed by atoms with Crippen LogP contribution in [0.2, 0.25) is 0 Å². The van der Waals surface area contributed by atoms with E-state index in [0.717, 1.165) is 11.3 Å². The molecule has 5 heteroatoms. The van der Waals surface area contributed by atoms with Crippen LogP contribution < -0.4 is 5.73 Å². The fourth-order valence-corrected chi connectivity index (χ4v) is 0.587. The quantitative estimate of drug-likeness (QED) is 0.361. The van der Waals surface area contributed by atoms with E-state index in [0.29, 0.717) is 0 Å². The predicted molar refractivity (Wildman–Crippen MR) is 66.2 cm³/mol. The van der Waals surface area contributed by atoms with Crippen LogP contribution in [0.5, 0.6) is 0 Å². The number of para-hydroxylation sites is 1. The van der Waals surface area contributed by atoms with Crippen LogP contribution in [0.25, 0.3) is 0 Å². The summed E-state index contributed by atoms with van der Waals surface area (Å²) in [4.78, 5) is 0. The van der Waals surface area contributed by atoms with Crippen LogP contribution in [-0.2, 0) is 0 Å². The van der Waals surface area contributed by atoms with Crippen molar-refractivity contribution in [1.82, 2.24) is 0 Å². The molecule has 3 nitrogen and oxygen atoms in total. The molecule has 1 aromatic carbocycles. The Labute approximate surface area is 94.0 Å². The van der Waals surface area contributed by atoms with Gasteiger partial charge in [0, 0.05) is 5.69 Å². The third-order valence-corrected chi connectivity index (χ3v) is 1.19. The SMILES string of the molecule is Cc1ccccc1N.N=C=S.N=C=S. The first kappa shape index (κ1) is 15.1. The number of hydrogen-bond acceptors (Lipinski definition) is 5. The highest BCUT2D eigenvalue weighted by molar-refractivity contribution is 7.78. The van der Waals surface area contributed by atoms with Crippen molar-refractivity contribution in [3.8, 4) is 0 Å². The van der Waals surface area contributed by atoms with Gasteiger partial charge in [-0.1, -0.05) is 18.2 Å². The number of benzene rings is 1. The second-order valence-electron chi connectivity index (χ2n) is 2.06. The number of hydrogen-bond donors (Lipinski definition) is 3. The minimum atomic E-state index is 0.868. The maximum Gasteiger partial charge on any atom is 0.0554 e. The predicted octanol–water partition coefficient (Wildman–Crippen LogP) is 2.91. The van der Waals surface area contributed by atoms with Gasteiger partial charge in [0.05, 0.1) is 10.3 Å². The molecule has 1 rings (SSSR count). The first-order chi connectivity index (χ1) is 6.63. The Bertz CT molecular complexity index is 292. The van der Waals surface area contributed by atoms with Crippen LogP contribution in [0.1, 0.15) is 5.56 Å². The summed E-state index contributed by atoms with van der Waals surface area (Å²) in [7, 11) is 0. The van der Waals surface area contributed by atoms with Crippen LogP contribution >= 0.6 is 24.4 Å². The van der Waals surface area contributed by atoms with E-state index in [2.05, 4.69) is 24.4 Å². The molecule has 0 unspecified atom stereocenters. The maximum absolute atomic E-state index is 5.77. The summed E-state index contributed by atoms with van der Waals surface area (Å²) in [6.45, 7) is 2.00. The first-order valence-electron chi connectivity index (χ1n) is 3.52. The Morgan fingerprint density at radius 1 is 1.14 bits per heavy atom. The highest BCUT2D eigenvalue weighted by Crippen LogP contribution is 2.06. The second-order valence-corrected chi connectivity index (χ2v) is 2.47. The van der Waals surface area contributed by atoms with Gasteiger partial charge in [-0.2, -0.15) is 0 Å². The molecule has 14 heavy (non-hydrogen) atoms. The molecule has 0 radical (unpaired) electrons. The summed E-state index contributed by atoms with van der Waals surface area (Å²) in [5.41, 5.74) is 7.53. The highest BCUT2D eigenvalue weighted by atomic mass is 32.1. The zero-order valence-electron chi connectivity index (χ0n) is 7.70. The molecular weight excluding hydrogens is 214 g/mol. The van der Waals surface area contributed by atoms with Gasteiger partial charge in [0.1, 0.15) is 0 Å². The summed E-state index contributed by atoms with van der Waals surface area (Å²) in [5, 5.41) is 14.7. The summed E-state index contributed by atoms with van der Waals surface area (Å²) in [6, 6.07) is 7.80. The van der Waals surface area contributed by atoms with Gasteiger partial charge in [-0.05, 0) is 43.0 Å². The normalized spacial score (nSPS) is 6.36. The van der Waals surface area contributed by atoms with Crippen LogP contribution in [0.3, 0.4) is 0 Å². The van der Waals surface area contributed by atoms with Crippen molar-refractivity contribution in [3.05, 3.63) is 29.8 Å². The average Bonchev–Trinajstić information content (AvgIpc) is 2.13. The molecular formula is C9H11N3S2. The van der Waals surface area contributed by atoms with Gasteiger partial charge < -0.3 is 5.73 Å². The number of rotatable bonds is 0. The maximum atomic E-state index is 5.77. The number of thiocarbonyl (C=S) groups is 2. The lowest BCUT2D eigenvalue weighted by atomic mass is 10.2. The number of nitrogen functional groups attached to an aromatic ring is 1. The van der Waals surface area contributed by atoms with Gasteiger partial charge >= 0.3 is 0 Å². The van der Waals surface area contributed by atoms with Gasteiger partial charge in [0.2, 0.25) is 0 Å². The van der Waals surface area contributed by atoms with E-state index in [4.69, 9.17) is 16.6 Å². The van der Waals surface area contributed by atoms with Crippen molar-refractivity contribution >= 4 is 40.4 Å². The zero-order valence-corrected chi connectivity index (χ0v) is 9.34. The molecule has 0 spiro atoms. The van der Waals surface area contributed by atoms with Gasteiger partial charge in [0.15, 0.2) is 0 Å². The molecule has 0 aliphatic rings. The summed E-state index contributed by atoms with van der Waals surface area (Å²) < 4.78 is 0. The summed E-state index contributed by atoms with van der Waals surface area (Å²) >= 11 is 7.62. The van der Waals surface area contributed by atoms with Crippen LogP contribution in [-0.4, -0.2) is 10.3 Å². The molecule has 4 N–H and O–H groups in total. The summed E-state index contributed by atoms with van der Waals surface area (Å²) in [6.07, 6.45) is 0. The standard InChI is InChI=1S/C7H9N.2CHNS/c1-6-4-2-3-5-7(6)8;2*2-1-3/h2-5H,8H2,1H3;2*2H. The van der Waals surface area contributed by atoms with Crippen LogP contribution in [0.15, 0.2) is 24.3 Å². The first-order valence-corrected chi connectivity index (χ1v) is 4.34. The largest absolute Gasteiger partial charge is 0.399 e. The lowest BCUT2D eigenvalue weighted by Crippen LogP contribution is -1.85. The molecule has 0 aromatic heterocycles. The van der Waals surface area contributed by atoms with Crippen molar-refractivity contribution in [3.63, 3.8) is 0 Å². The van der Waals surface area contributed by atoms with Crippen molar-refractivity contribution in [1.29, 1.82) is 10.8 Å². The fraction of sp³-hybridized carbons (Fsp3) is 0.111. The third-order valence-electron chi connectivity index (χ3n) is 1.19. The number of nitrogens with one attached hydrogen (secondary N) is 2. The topological polar surface area (TPSA) is 73.7 Å². The Morgan fingerprint density at radius 2 is 1.50 bits per heavy atom. The molecule has 0 saturated heterocycles. The molecule has 0 fully saturated rings. The fourth-order valence-electron chi connectivity index (χ4n) is 0.587. The number of anilines is 1. The minimum absolute atomic E-state index is 0.868. The molecule has 0 bridgehead atoms. The average molecular weight is 225 g/mol. The summed E-state index contributed by atoms with van der Waals surface area (Å²) in [5.74, 6) is 0. The number of isothiocyanates is 2.